The maximum atomic E-state index is 9.42. The fourth-order valence-electron chi connectivity index (χ4n) is 3.82. The molecule has 0 aliphatic rings. The van der Waals surface area contributed by atoms with Gasteiger partial charge in [0, 0.05) is 22.5 Å². The molecule has 0 radical (unpaired) electrons. The fraction of sp³-hybridized carbons (Fsp3) is 0. The molecule has 0 atom stereocenters. The third-order valence-electron chi connectivity index (χ3n) is 5.15. The molecule has 0 bridgehead atoms. The molecular formula is C25H12N6. The Balaban J connectivity index is 1.88. The highest BCUT2D eigenvalue weighted by Crippen LogP contribution is 2.35. The summed E-state index contributed by atoms with van der Waals surface area (Å²) in [6.07, 6.45) is 1.75. The van der Waals surface area contributed by atoms with Crippen molar-refractivity contribution in [2.24, 2.45) is 0 Å². The van der Waals surface area contributed by atoms with Gasteiger partial charge in [0.05, 0.1) is 34.0 Å². The number of hydrogen-bond acceptors (Lipinski definition) is 5. The van der Waals surface area contributed by atoms with Crippen LogP contribution in [-0.4, -0.2) is 14.5 Å². The van der Waals surface area contributed by atoms with E-state index in [0.717, 1.165) is 33.1 Å². The number of nitriles is 3. The number of hydrogen-bond donors (Lipinski definition) is 0. The maximum absolute atomic E-state index is 9.42. The summed E-state index contributed by atoms with van der Waals surface area (Å²) in [5, 5.41) is 30.0. The van der Waals surface area contributed by atoms with E-state index in [1.807, 2.05) is 59.2 Å². The van der Waals surface area contributed by atoms with Crippen LogP contribution in [0.2, 0.25) is 0 Å². The lowest BCUT2D eigenvalue weighted by atomic mass is 10.1. The lowest BCUT2D eigenvalue weighted by molar-refractivity contribution is 1.13. The van der Waals surface area contributed by atoms with Crippen LogP contribution in [0.1, 0.15) is 17.0 Å². The molecule has 5 aromatic rings. The minimum absolute atomic E-state index is 0.169. The fourth-order valence-corrected chi connectivity index (χ4v) is 3.82. The summed E-state index contributed by atoms with van der Waals surface area (Å²) in [6, 6.07) is 26.8. The van der Waals surface area contributed by atoms with Gasteiger partial charge >= 0.3 is 0 Å². The number of aromatic nitrogens is 3. The number of fused-ring (bicyclic) bond motifs is 3. The van der Waals surface area contributed by atoms with Crippen molar-refractivity contribution in [3.8, 4) is 35.2 Å². The number of pyridine rings is 2. The summed E-state index contributed by atoms with van der Waals surface area (Å²) in [4.78, 5) is 8.48. The quantitative estimate of drug-likeness (QED) is 0.424. The monoisotopic (exact) mass is 396 g/mol. The summed E-state index contributed by atoms with van der Waals surface area (Å²) in [5.74, 6) is 0. The summed E-state index contributed by atoms with van der Waals surface area (Å²) >= 11 is 0. The van der Waals surface area contributed by atoms with Crippen LogP contribution in [0.15, 0.2) is 72.9 Å². The van der Waals surface area contributed by atoms with Gasteiger partial charge in [0.25, 0.3) is 0 Å². The topological polar surface area (TPSA) is 102 Å². The molecule has 0 N–H and O–H groups in total. The van der Waals surface area contributed by atoms with Gasteiger partial charge in [-0.05, 0) is 54.6 Å². The van der Waals surface area contributed by atoms with Crippen molar-refractivity contribution >= 4 is 21.8 Å². The molecule has 31 heavy (non-hydrogen) atoms. The molecule has 5 rings (SSSR count). The first-order chi connectivity index (χ1) is 15.2. The summed E-state index contributed by atoms with van der Waals surface area (Å²) in [5.41, 5.74) is 5.13. The highest BCUT2D eigenvalue weighted by molar-refractivity contribution is 6.10. The maximum Gasteiger partial charge on any atom is 0.144 e. The molecule has 3 aromatic heterocycles. The lowest BCUT2D eigenvalue weighted by Crippen LogP contribution is -1.98. The van der Waals surface area contributed by atoms with Gasteiger partial charge in [-0.25, -0.2) is 4.98 Å². The van der Waals surface area contributed by atoms with Crippen molar-refractivity contribution < 1.29 is 0 Å². The van der Waals surface area contributed by atoms with Gasteiger partial charge in [0.2, 0.25) is 0 Å². The highest BCUT2D eigenvalue weighted by atomic mass is 15.0. The second-order valence-electron chi connectivity index (χ2n) is 6.95. The Morgan fingerprint density at radius 3 is 2.06 bits per heavy atom. The first-order valence-corrected chi connectivity index (χ1v) is 9.44. The van der Waals surface area contributed by atoms with Gasteiger partial charge in [0.15, 0.2) is 0 Å². The lowest BCUT2D eigenvalue weighted by Gasteiger charge is -2.09. The molecule has 142 valence electrons. The van der Waals surface area contributed by atoms with Crippen molar-refractivity contribution in [3.63, 3.8) is 0 Å². The van der Waals surface area contributed by atoms with Crippen LogP contribution < -0.4 is 0 Å². The third-order valence-corrected chi connectivity index (χ3v) is 5.15. The van der Waals surface area contributed by atoms with Crippen LogP contribution in [0, 0.1) is 34.0 Å². The first-order valence-electron chi connectivity index (χ1n) is 9.44. The average Bonchev–Trinajstić information content (AvgIpc) is 3.17. The molecule has 6 nitrogen and oxygen atoms in total. The van der Waals surface area contributed by atoms with Crippen molar-refractivity contribution in [2.75, 3.05) is 0 Å². The minimum atomic E-state index is 0.169. The molecular weight excluding hydrogens is 384 g/mol. The summed E-state index contributed by atoms with van der Waals surface area (Å²) < 4.78 is 1.98. The van der Waals surface area contributed by atoms with E-state index in [4.69, 9.17) is 0 Å². The van der Waals surface area contributed by atoms with E-state index in [-0.39, 0.29) is 11.4 Å². The van der Waals surface area contributed by atoms with Crippen LogP contribution in [-0.2, 0) is 0 Å². The van der Waals surface area contributed by atoms with Crippen LogP contribution in [0.4, 0.5) is 0 Å². The van der Waals surface area contributed by atoms with E-state index in [1.165, 1.54) is 0 Å². The van der Waals surface area contributed by atoms with Crippen LogP contribution >= 0.6 is 0 Å². The molecule has 0 spiro atoms. The first kappa shape index (κ1) is 18.1. The zero-order valence-corrected chi connectivity index (χ0v) is 16.1. The zero-order chi connectivity index (χ0) is 21.4. The Morgan fingerprint density at radius 1 is 0.710 bits per heavy atom. The Labute approximate surface area is 177 Å². The number of rotatable bonds is 2. The number of benzene rings is 2. The van der Waals surface area contributed by atoms with Gasteiger partial charge in [-0.15, -0.1) is 0 Å². The molecule has 3 heterocycles. The van der Waals surface area contributed by atoms with Crippen LogP contribution in [0.5, 0.6) is 0 Å². The Morgan fingerprint density at radius 2 is 1.42 bits per heavy atom. The predicted molar refractivity (Wildman–Crippen MR) is 116 cm³/mol. The Kier molecular flexibility index (Phi) is 4.15. The van der Waals surface area contributed by atoms with Crippen LogP contribution in [0.25, 0.3) is 38.8 Å². The normalized spacial score (nSPS) is 10.5. The average molecular weight is 396 g/mol. The molecule has 0 saturated carbocycles. The smallest absolute Gasteiger partial charge is 0.144 e. The van der Waals surface area contributed by atoms with Crippen molar-refractivity contribution in [1.29, 1.82) is 15.8 Å². The minimum Gasteiger partial charge on any atom is -0.309 e. The summed E-state index contributed by atoms with van der Waals surface area (Å²) in [7, 11) is 0. The van der Waals surface area contributed by atoms with Gasteiger partial charge in [0.1, 0.15) is 23.5 Å². The largest absolute Gasteiger partial charge is 0.309 e. The van der Waals surface area contributed by atoms with E-state index in [9.17, 15) is 15.8 Å². The molecule has 0 unspecified atom stereocenters. The third kappa shape index (κ3) is 2.95. The molecule has 6 heteroatoms. The second-order valence-corrected chi connectivity index (χ2v) is 6.95. The zero-order valence-electron chi connectivity index (χ0n) is 16.1. The molecule has 0 aliphatic heterocycles. The van der Waals surface area contributed by atoms with E-state index < -0.39 is 0 Å². The predicted octanol–water partition coefficient (Wildman–Crippen LogP) is 4.86. The Hall–Kier alpha value is -4.99. The van der Waals surface area contributed by atoms with Crippen LogP contribution in [0.3, 0.4) is 0 Å². The van der Waals surface area contributed by atoms with E-state index in [0.29, 0.717) is 11.3 Å². The molecule has 0 saturated heterocycles. The van der Waals surface area contributed by atoms with Gasteiger partial charge in [-0.2, -0.15) is 15.8 Å². The van der Waals surface area contributed by atoms with E-state index >= 15 is 0 Å². The van der Waals surface area contributed by atoms with Crippen molar-refractivity contribution in [2.45, 2.75) is 0 Å². The van der Waals surface area contributed by atoms with Gasteiger partial charge < -0.3 is 4.57 Å². The molecule has 0 amide bonds. The van der Waals surface area contributed by atoms with Gasteiger partial charge in [-0.3, -0.25) is 4.98 Å². The SMILES string of the molecule is N#Cc1ccc2c(c1)c1cc(-c3ccccn3)ccc1n2-c1cc(C#N)nc(C#N)c1. The summed E-state index contributed by atoms with van der Waals surface area (Å²) in [6.45, 7) is 0. The van der Waals surface area contributed by atoms with Gasteiger partial charge in [-0.1, -0.05) is 12.1 Å². The van der Waals surface area contributed by atoms with E-state index in [1.54, 1.807) is 24.4 Å². The van der Waals surface area contributed by atoms with E-state index in [2.05, 4.69) is 22.1 Å². The Bertz CT molecular complexity index is 1580. The molecule has 2 aromatic carbocycles. The standard InChI is InChI=1S/C25H12N6/c26-13-16-4-6-24-21(9-16)22-10-17(23-3-1-2-8-29-23)5-7-25(22)31(24)20-11-18(14-27)30-19(12-20)15-28/h1-12H. The molecule has 0 aliphatic carbocycles. The molecule has 0 fully saturated rings. The number of nitrogens with zero attached hydrogens (tertiary/aromatic N) is 6. The van der Waals surface area contributed by atoms with Crippen molar-refractivity contribution in [1.82, 2.24) is 14.5 Å². The highest BCUT2D eigenvalue weighted by Gasteiger charge is 2.16. The second kappa shape index (κ2) is 7.12. The van der Waals surface area contributed by atoms with Crippen molar-refractivity contribution in [3.05, 3.63) is 89.9 Å².